The normalized spacial score (nSPS) is 32.6. The van der Waals surface area contributed by atoms with Gasteiger partial charge in [-0.3, -0.25) is 4.79 Å². The number of fused-ring (bicyclic) bond motifs is 5. The van der Waals surface area contributed by atoms with Crippen LogP contribution in [0.25, 0.3) is 0 Å². The molecule has 142 valence electrons. The molecule has 2 fully saturated rings. The summed E-state index contributed by atoms with van der Waals surface area (Å²) < 4.78 is 11.7. The van der Waals surface area contributed by atoms with Crippen LogP contribution < -0.4 is 9.47 Å². The SMILES string of the molecule is CCCCOc1cc2c(cc1OC)C1CC[C@]3(C)C(=O)CCC3C1CC2. The van der Waals surface area contributed by atoms with E-state index in [2.05, 4.69) is 26.0 Å². The molecule has 26 heavy (non-hydrogen) atoms. The van der Waals surface area contributed by atoms with E-state index in [0.717, 1.165) is 63.1 Å². The first-order valence-electron chi connectivity index (χ1n) is 10.5. The number of ketones is 1. The zero-order valence-corrected chi connectivity index (χ0v) is 16.5. The van der Waals surface area contributed by atoms with Gasteiger partial charge in [-0.05, 0) is 79.5 Å². The lowest BCUT2D eigenvalue weighted by molar-refractivity contribution is -0.129. The number of carbonyl (C=O) groups excluding carboxylic acids is 1. The Kier molecular flexibility index (Phi) is 4.75. The van der Waals surface area contributed by atoms with Crippen LogP contribution in [-0.4, -0.2) is 19.5 Å². The minimum absolute atomic E-state index is 0.0496. The summed E-state index contributed by atoms with van der Waals surface area (Å²) in [6.07, 6.45) is 8.60. The van der Waals surface area contributed by atoms with Crippen molar-refractivity contribution in [1.29, 1.82) is 0 Å². The number of methoxy groups -OCH3 is 1. The topological polar surface area (TPSA) is 35.5 Å². The summed E-state index contributed by atoms with van der Waals surface area (Å²) in [6, 6.07) is 4.47. The highest BCUT2D eigenvalue weighted by Gasteiger charge is 2.54. The van der Waals surface area contributed by atoms with Gasteiger partial charge in [0.1, 0.15) is 5.78 Å². The zero-order valence-electron chi connectivity index (χ0n) is 16.5. The largest absolute Gasteiger partial charge is 0.493 e. The second kappa shape index (κ2) is 6.90. The molecule has 3 aliphatic carbocycles. The van der Waals surface area contributed by atoms with E-state index in [1.165, 1.54) is 17.5 Å². The second-order valence-electron chi connectivity index (χ2n) is 8.74. The molecule has 3 unspecified atom stereocenters. The average Bonchev–Trinajstić information content (AvgIpc) is 2.96. The molecule has 2 saturated carbocycles. The Hall–Kier alpha value is -1.51. The van der Waals surface area contributed by atoms with Gasteiger partial charge >= 0.3 is 0 Å². The molecule has 4 atom stereocenters. The smallest absolute Gasteiger partial charge is 0.161 e. The lowest BCUT2D eigenvalue weighted by Gasteiger charge is -2.48. The van der Waals surface area contributed by atoms with Gasteiger partial charge in [0.2, 0.25) is 0 Å². The monoisotopic (exact) mass is 356 g/mol. The van der Waals surface area contributed by atoms with Crippen molar-refractivity contribution < 1.29 is 14.3 Å². The van der Waals surface area contributed by atoms with Crippen LogP contribution in [0.3, 0.4) is 0 Å². The highest BCUT2D eigenvalue weighted by atomic mass is 16.5. The third-order valence-corrected chi connectivity index (χ3v) is 7.47. The van der Waals surface area contributed by atoms with Crippen LogP contribution in [0.5, 0.6) is 11.5 Å². The van der Waals surface area contributed by atoms with Gasteiger partial charge in [0.05, 0.1) is 13.7 Å². The van der Waals surface area contributed by atoms with Crippen LogP contribution >= 0.6 is 0 Å². The Morgan fingerprint density at radius 1 is 1.15 bits per heavy atom. The van der Waals surface area contributed by atoms with Crippen molar-refractivity contribution in [3.8, 4) is 11.5 Å². The number of hydrogen-bond donors (Lipinski definition) is 0. The lowest BCUT2D eigenvalue weighted by atomic mass is 9.55. The van der Waals surface area contributed by atoms with E-state index in [9.17, 15) is 4.79 Å². The van der Waals surface area contributed by atoms with Crippen LogP contribution in [0.2, 0.25) is 0 Å². The molecule has 0 spiro atoms. The predicted molar refractivity (Wildman–Crippen MR) is 103 cm³/mol. The summed E-state index contributed by atoms with van der Waals surface area (Å²) in [6.45, 7) is 5.17. The molecule has 0 aliphatic heterocycles. The molecule has 0 bridgehead atoms. The van der Waals surface area contributed by atoms with Crippen molar-refractivity contribution in [3.63, 3.8) is 0 Å². The van der Waals surface area contributed by atoms with Crippen molar-refractivity contribution in [1.82, 2.24) is 0 Å². The van der Waals surface area contributed by atoms with Crippen molar-refractivity contribution in [2.24, 2.45) is 17.3 Å². The van der Waals surface area contributed by atoms with Gasteiger partial charge in [-0.2, -0.15) is 0 Å². The fourth-order valence-electron chi connectivity index (χ4n) is 5.95. The first-order valence-corrected chi connectivity index (χ1v) is 10.5. The number of aryl methyl sites for hydroxylation is 1. The second-order valence-corrected chi connectivity index (χ2v) is 8.74. The van der Waals surface area contributed by atoms with Crippen LogP contribution in [0.15, 0.2) is 12.1 Å². The maximum absolute atomic E-state index is 12.5. The fraction of sp³-hybridized carbons (Fsp3) is 0.696. The van der Waals surface area contributed by atoms with Crippen LogP contribution in [0, 0.1) is 17.3 Å². The maximum atomic E-state index is 12.5. The Balaban J connectivity index is 1.63. The summed E-state index contributed by atoms with van der Waals surface area (Å²) in [5.74, 6) is 4.11. The molecule has 0 amide bonds. The highest BCUT2D eigenvalue weighted by Crippen LogP contribution is 2.60. The summed E-state index contributed by atoms with van der Waals surface area (Å²) in [7, 11) is 1.74. The van der Waals surface area contributed by atoms with Gasteiger partial charge in [0.15, 0.2) is 11.5 Å². The first kappa shape index (κ1) is 17.9. The summed E-state index contributed by atoms with van der Waals surface area (Å²) >= 11 is 0. The molecule has 0 radical (unpaired) electrons. The maximum Gasteiger partial charge on any atom is 0.161 e. The molecule has 3 heteroatoms. The van der Waals surface area contributed by atoms with Crippen molar-refractivity contribution >= 4 is 5.78 Å². The van der Waals surface area contributed by atoms with Crippen molar-refractivity contribution in [2.75, 3.05) is 13.7 Å². The number of rotatable bonds is 5. The number of Topliss-reactive ketones (excluding diaryl/α,β-unsaturated/α-hetero) is 1. The summed E-state index contributed by atoms with van der Waals surface area (Å²) in [4.78, 5) is 12.5. The van der Waals surface area contributed by atoms with E-state index in [1.54, 1.807) is 7.11 Å². The van der Waals surface area contributed by atoms with E-state index in [0.29, 0.717) is 23.5 Å². The van der Waals surface area contributed by atoms with Gasteiger partial charge in [0, 0.05) is 11.8 Å². The van der Waals surface area contributed by atoms with Gasteiger partial charge in [-0.15, -0.1) is 0 Å². The molecule has 4 rings (SSSR count). The third kappa shape index (κ3) is 2.75. The Morgan fingerprint density at radius 3 is 2.77 bits per heavy atom. The Labute approximate surface area is 157 Å². The van der Waals surface area contributed by atoms with E-state index >= 15 is 0 Å². The number of benzene rings is 1. The van der Waals surface area contributed by atoms with E-state index in [-0.39, 0.29) is 5.41 Å². The number of carbonyl (C=O) groups is 1. The van der Waals surface area contributed by atoms with E-state index in [1.807, 2.05) is 0 Å². The number of ether oxygens (including phenoxy) is 2. The minimum Gasteiger partial charge on any atom is -0.493 e. The first-order chi connectivity index (χ1) is 12.6. The quantitative estimate of drug-likeness (QED) is 0.672. The zero-order chi connectivity index (χ0) is 18.3. The summed E-state index contributed by atoms with van der Waals surface area (Å²) in [5, 5.41) is 0. The van der Waals surface area contributed by atoms with E-state index < -0.39 is 0 Å². The number of unbranched alkanes of at least 4 members (excludes halogenated alkanes) is 1. The number of hydrogen-bond acceptors (Lipinski definition) is 3. The van der Waals surface area contributed by atoms with Crippen molar-refractivity contribution in [3.05, 3.63) is 23.3 Å². The van der Waals surface area contributed by atoms with Crippen molar-refractivity contribution in [2.45, 2.75) is 71.1 Å². The average molecular weight is 357 g/mol. The van der Waals surface area contributed by atoms with Crippen LogP contribution in [-0.2, 0) is 11.2 Å². The Morgan fingerprint density at radius 2 is 2.00 bits per heavy atom. The molecular formula is C23H32O3. The van der Waals surface area contributed by atoms with Gasteiger partial charge in [-0.1, -0.05) is 20.3 Å². The highest BCUT2D eigenvalue weighted by molar-refractivity contribution is 5.87. The molecular weight excluding hydrogens is 324 g/mol. The minimum atomic E-state index is -0.0496. The molecule has 1 aromatic rings. The molecule has 0 heterocycles. The van der Waals surface area contributed by atoms with Gasteiger partial charge < -0.3 is 9.47 Å². The van der Waals surface area contributed by atoms with Crippen LogP contribution in [0.1, 0.15) is 75.8 Å². The van der Waals surface area contributed by atoms with Gasteiger partial charge in [-0.25, -0.2) is 0 Å². The molecule has 0 aromatic heterocycles. The lowest BCUT2D eigenvalue weighted by Crippen LogP contribution is -2.42. The predicted octanol–water partition coefficient (Wildman–Crippen LogP) is 5.30. The molecule has 0 N–H and O–H groups in total. The Bertz CT molecular complexity index is 695. The third-order valence-electron chi connectivity index (χ3n) is 7.47. The molecule has 1 aromatic carbocycles. The standard InChI is InChI=1S/C23H32O3/c1-4-5-12-26-21-13-15-6-7-17-16(18(15)14-20(21)25-3)10-11-23(2)19(17)8-9-22(23)24/h13-14,16-17,19H,4-12H2,1-3H3/t16?,17?,19?,23-/m0/s1. The molecule has 3 aliphatic rings. The fourth-order valence-corrected chi connectivity index (χ4v) is 5.95. The summed E-state index contributed by atoms with van der Waals surface area (Å²) in [5.41, 5.74) is 2.85. The van der Waals surface area contributed by atoms with Crippen LogP contribution in [0.4, 0.5) is 0 Å². The molecule has 3 nitrogen and oxygen atoms in total. The van der Waals surface area contributed by atoms with Gasteiger partial charge in [0.25, 0.3) is 0 Å². The van der Waals surface area contributed by atoms with E-state index in [4.69, 9.17) is 9.47 Å². The molecule has 0 saturated heterocycles.